The number of nitrogens with zero attached hydrogens (tertiary/aromatic N) is 2. The Bertz CT molecular complexity index is 554. The molecular weight excluding hydrogens is 292 g/mol. The van der Waals surface area contributed by atoms with Crippen molar-refractivity contribution in [3.8, 4) is 10.6 Å². The Morgan fingerprint density at radius 3 is 2.75 bits per heavy atom. The number of thiophene rings is 1. The highest BCUT2D eigenvalue weighted by Gasteiger charge is 2.10. The molecule has 0 aromatic carbocycles. The Labute approximate surface area is 104 Å². The van der Waals surface area contributed by atoms with Gasteiger partial charge in [-0.3, -0.25) is 0 Å². The highest BCUT2D eigenvalue weighted by molar-refractivity contribution is 9.10. The first-order valence-corrected chi connectivity index (χ1v) is 6.07. The molecule has 0 aliphatic heterocycles. The first-order chi connectivity index (χ1) is 7.56. The van der Waals surface area contributed by atoms with Crippen molar-refractivity contribution in [2.45, 2.75) is 6.92 Å². The molecule has 2 aromatic heterocycles. The lowest BCUT2D eigenvalue weighted by molar-refractivity contribution is 0.0690. The molecule has 16 heavy (non-hydrogen) atoms. The molecule has 2 heterocycles. The van der Waals surface area contributed by atoms with E-state index < -0.39 is 5.97 Å². The first-order valence-electron chi connectivity index (χ1n) is 4.39. The minimum atomic E-state index is -1.04. The highest BCUT2D eigenvalue weighted by atomic mass is 79.9. The fourth-order valence-corrected chi connectivity index (χ4v) is 2.64. The van der Waals surface area contributed by atoms with Gasteiger partial charge in [0.05, 0.1) is 10.6 Å². The highest BCUT2D eigenvalue weighted by Crippen LogP contribution is 2.28. The van der Waals surface area contributed by atoms with Gasteiger partial charge in [0.2, 0.25) is 0 Å². The van der Waals surface area contributed by atoms with Gasteiger partial charge in [-0.2, -0.15) is 0 Å². The number of carbonyl (C=O) groups is 1. The van der Waals surface area contributed by atoms with Crippen LogP contribution in [0.2, 0.25) is 0 Å². The Balaban J connectivity index is 2.53. The number of hydrogen-bond donors (Lipinski definition) is 1. The average Bonchev–Trinajstić information content (AvgIpc) is 2.64. The summed E-state index contributed by atoms with van der Waals surface area (Å²) < 4.78 is 0.959. The summed E-state index contributed by atoms with van der Waals surface area (Å²) in [5.41, 5.74) is 0.660. The van der Waals surface area contributed by atoms with E-state index in [0.717, 1.165) is 9.35 Å². The van der Waals surface area contributed by atoms with Crippen LogP contribution < -0.4 is 0 Å². The molecule has 0 aliphatic rings. The third-order valence-electron chi connectivity index (χ3n) is 1.88. The molecule has 2 rings (SSSR count). The van der Waals surface area contributed by atoms with Gasteiger partial charge in [0.25, 0.3) is 0 Å². The van der Waals surface area contributed by atoms with Gasteiger partial charge in [0.1, 0.15) is 5.82 Å². The number of aromatic nitrogens is 2. The molecule has 6 heteroatoms. The number of carboxylic acids is 1. The summed E-state index contributed by atoms with van der Waals surface area (Å²) in [6, 6.07) is 3.38. The molecule has 82 valence electrons. The van der Waals surface area contributed by atoms with Crippen LogP contribution >= 0.6 is 27.3 Å². The smallest absolute Gasteiger partial charge is 0.354 e. The molecule has 1 N–H and O–H groups in total. The third-order valence-corrected chi connectivity index (χ3v) is 3.59. The normalized spacial score (nSPS) is 10.4. The van der Waals surface area contributed by atoms with E-state index in [1.54, 1.807) is 6.92 Å². The summed E-state index contributed by atoms with van der Waals surface area (Å²) >= 11 is 4.85. The maximum atomic E-state index is 10.8. The zero-order chi connectivity index (χ0) is 11.7. The Kier molecular flexibility index (Phi) is 3.02. The predicted molar refractivity (Wildman–Crippen MR) is 64.7 cm³/mol. The van der Waals surface area contributed by atoms with Crippen molar-refractivity contribution >= 4 is 33.2 Å². The molecule has 2 aromatic rings. The predicted octanol–water partition coefficient (Wildman–Crippen LogP) is 2.97. The maximum absolute atomic E-state index is 10.8. The molecule has 4 nitrogen and oxygen atoms in total. The van der Waals surface area contributed by atoms with E-state index in [2.05, 4.69) is 25.9 Å². The number of hydrogen-bond acceptors (Lipinski definition) is 4. The molecule has 0 saturated heterocycles. The van der Waals surface area contributed by atoms with E-state index in [1.165, 1.54) is 17.4 Å². The minimum absolute atomic E-state index is 0.0204. The van der Waals surface area contributed by atoms with Gasteiger partial charge in [-0.05, 0) is 35.0 Å². The van der Waals surface area contributed by atoms with Gasteiger partial charge in [-0.1, -0.05) is 0 Å². The fraction of sp³-hybridized carbons (Fsp3) is 0.100. The molecule has 0 fully saturated rings. The van der Waals surface area contributed by atoms with Gasteiger partial charge < -0.3 is 5.11 Å². The molecule has 0 radical (unpaired) electrons. The number of carboxylic acid groups (broad SMARTS) is 1. The second-order valence-corrected chi connectivity index (χ2v) is 4.95. The third kappa shape index (κ3) is 2.28. The maximum Gasteiger partial charge on any atom is 0.354 e. The van der Waals surface area contributed by atoms with E-state index >= 15 is 0 Å². The van der Waals surface area contributed by atoms with Crippen LogP contribution in [0.15, 0.2) is 22.0 Å². The van der Waals surface area contributed by atoms with Crippen LogP contribution in [0.5, 0.6) is 0 Å². The van der Waals surface area contributed by atoms with Gasteiger partial charge in [0, 0.05) is 9.85 Å². The second kappa shape index (κ2) is 4.31. The van der Waals surface area contributed by atoms with E-state index in [4.69, 9.17) is 5.11 Å². The molecule has 0 amide bonds. The number of aryl methyl sites for hydroxylation is 1. The molecule has 0 atom stereocenters. The molecule has 0 aliphatic carbocycles. The number of rotatable bonds is 2. The lowest BCUT2D eigenvalue weighted by Crippen LogP contribution is -2.03. The zero-order valence-corrected chi connectivity index (χ0v) is 10.7. The van der Waals surface area contributed by atoms with Crippen molar-refractivity contribution in [1.29, 1.82) is 0 Å². The van der Waals surface area contributed by atoms with Crippen molar-refractivity contribution in [2.75, 3.05) is 0 Å². The van der Waals surface area contributed by atoms with Gasteiger partial charge in [-0.15, -0.1) is 11.3 Å². The summed E-state index contributed by atoms with van der Waals surface area (Å²) in [6.07, 6.45) is 0. The quantitative estimate of drug-likeness (QED) is 0.926. The summed E-state index contributed by atoms with van der Waals surface area (Å²) in [4.78, 5) is 19.8. The largest absolute Gasteiger partial charge is 0.477 e. The summed E-state index contributed by atoms with van der Waals surface area (Å²) in [5, 5.41) is 10.8. The molecular formula is C10H7BrN2O2S. The van der Waals surface area contributed by atoms with Gasteiger partial charge in [-0.25, -0.2) is 14.8 Å². The SMILES string of the molecule is Cc1nc(C(=O)O)cc(-c2cc(Br)cs2)n1. The fourth-order valence-electron chi connectivity index (χ4n) is 1.25. The second-order valence-electron chi connectivity index (χ2n) is 3.12. The Morgan fingerprint density at radius 2 is 2.19 bits per heavy atom. The first kappa shape index (κ1) is 11.2. The Morgan fingerprint density at radius 1 is 1.44 bits per heavy atom. The van der Waals surface area contributed by atoms with Crippen molar-refractivity contribution in [3.05, 3.63) is 33.5 Å². The van der Waals surface area contributed by atoms with Crippen LogP contribution in [-0.2, 0) is 0 Å². The molecule has 0 spiro atoms. The summed E-state index contributed by atoms with van der Waals surface area (Å²) in [7, 11) is 0. The standard InChI is InChI=1S/C10H7BrN2O2S/c1-5-12-7(3-8(13-5)10(14)15)9-2-6(11)4-16-9/h2-4H,1H3,(H,14,15). The monoisotopic (exact) mass is 298 g/mol. The van der Waals surface area contributed by atoms with Crippen LogP contribution in [0.3, 0.4) is 0 Å². The lowest BCUT2D eigenvalue weighted by Gasteiger charge is -2.00. The van der Waals surface area contributed by atoms with Crippen molar-refractivity contribution in [2.24, 2.45) is 0 Å². The van der Waals surface area contributed by atoms with Crippen molar-refractivity contribution in [1.82, 2.24) is 9.97 Å². The van der Waals surface area contributed by atoms with Crippen LogP contribution in [0.4, 0.5) is 0 Å². The van der Waals surface area contributed by atoms with Gasteiger partial charge >= 0.3 is 5.97 Å². The average molecular weight is 299 g/mol. The minimum Gasteiger partial charge on any atom is -0.477 e. The van der Waals surface area contributed by atoms with Crippen molar-refractivity contribution in [3.63, 3.8) is 0 Å². The van der Waals surface area contributed by atoms with E-state index in [9.17, 15) is 4.79 Å². The lowest BCUT2D eigenvalue weighted by atomic mass is 10.3. The Hall–Kier alpha value is -1.27. The summed E-state index contributed by atoms with van der Waals surface area (Å²) in [5.74, 6) is -0.582. The molecule has 0 bridgehead atoms. The van der Waals surface area contributed by atoms with Crippen LogP contribution in [0.1, 0.15) is 16.3 Å². The summed E-state index contributed by atoms with van der Waals surface area (Å²) in [6.45, 7) is 1.68. The topological polar surface area (TPSA) is 63.1 Å². The van der Waals surface area contributed by atoms with Crippen LogP contribution in [0.25, 0.3) is 10.6 Å². The molecule has 0 saturated carbocycles. The van der Waals surface area contributed by atoms with E-state index in [1.807, 2.05) is 11.4 Å². The van der Waals surface area contributed by atoms with E-state index in [0.29, 0.717) is 11.5 Å². The van der Waals surface area contributed by atoms with Crippen molar-refractivity contribution < 1.29 is 9.90 Å². The number of halogens is 1. The van der Waals surface area contributed by atoms with Crippen LogP contribution in [-0.4, -0.2) is 21.0 Å². The zero-order valence-electron chi connectivity index (χ0n) is 8.27. The number of aromatic carboxylic acids is 1. The van der Waals surface area contributed by atoms with Gasteiger partial charge in [0.15, 0.2) is 5.69 Å². The molecule has 0 unspecified atom stereocenters. The van der Waals surface area contributed by atoms with E-state index in [-0.39, 0.29) is 5.69 Å². The van der Waals surface area contributed by atoms with Crippen LogP contribution in [0, 0.1) is 6.92 Å².